The van der Waals surface area contributed by atoms with Crippen LogP contribution < -0.4 is 15.5 Å². The Kier molecular flexibility index (Phi) is 6.35. The topological polar surface area (TPSA) is 64.6 Å². The number of anilines is 2. The van der Waals surface area contributed by atoms with Crippen molar-refractivity contribution in [2.45, 2.75) is 76.0 Å². The maximum absolute atomic E-state index is 14.6. The minimum atomic E-state index is -0.502. The number of carbonyl (C=O) groups is 1. The highest BCUT2D eigenvalue weighted by atomic mass is 19.1. The number of rotatable bonds is 4. The third-order valence-corrected chi connectivity index (χ3v) is 5.75. The quantitative estimate of drug-likeness (QED) is 0.757. The van der Waals surface area contributed by atoms with Crippen LogP contribution in [0.2, 0.25) is 0 Å². The number of aliphatic hydroxyl groups is 1. The molecule has 3 N–H and O–H groups in total. The molecule has 2 saturated carbocycles. The summed E-state index contributed by atoms with van der Waals surface area (Å²) in [5.41, 5.74) is 0.997. The fourth-order valence-electron chi connectivity index (χ4n) is 4.15. The van der Waals surface area contributed by atoms with Crippen molar-refractivity contribution in [2.75, 3.05) is 17.3 Å². The molecule has 0 bridgehead atoms. The smallest absolute Gasteiger partial charge is 0.319 e. The van der Waals surface area contributed by atoms with Gasteiger partial charge < -0.3 is 20.6 Å². The highest BCUT2D eigenvalue weighted by Gasteiger charge is 2.25. The molecule has 2 aliphatic rings. The summed E-state index contributed by atoms with van der Waals surface area (Å²) >= 11 is 0. The maximum Gasteiger partial charge on any atom is 0.319 e. The molecule has 5 nitrogen and oxygen atoms in total. The third-order valence-electron chi connectivity index (χ3n) is 5.75. The highest BCUT2D eigenvalue weighted by Crippen LogP contribution is 2.29. The standard InChI is InChI=1S/C20H30FN3O2/c1-24(15-7-3-2-4-8-15)18-12-11-14(13-16(18)21)22-20(26)23-17-9-5-6-10-19(17)25/h11-13,15,17,19,25H,2-10H2,1H3,(H2,22,23,26). The molecule has 0 spiro atoms. The number of hydrogen-bond donors (Lipinski definition) is 3. The number of benzene rings is 1. The van der Waals surface area contributed by atoms with Gasteiger partial charge in [0.15, 0.2) is 0 Å². The first-order valence-corrected chi connectivity index (χ1v) is 9.82. The monoisotopic (exact) mass is 363 g/mol. The molecule has 2 atom stereocenters. The minimum absolute atomic E-state index is 0.231. The van der Waals surface area contributed by atoms with Crippen LogP contribution in [0.4, 0.5) is 20.6 Å². The predicted molar refractivity (Wildman–Crippen MR) is 102 cm³/mol. The Balaban J connectivity index is 1.59. The molecule has 0 saturated heterocycles. The van der Waals surface area contributed by atoms with Gasteiger partial charge in [0.2, 0.25) is 0 Å². The van der Waals surface area contributed by atoms with Crippen LogP contribution in [0.3, 0.4) is 0 Å². The summed E-state index contributed by atoms with van der Waals surface area (Å²) in [7, 11) is 1.94. The van der Waals surface area contributed by atoms with Gasteiger partial charge in [-0.25, -0.2) is 9.18 Å². The van der Waals surface area contributed by atoms with E-state index in [-0.39, 0.29) is 11.9 Å². The Hall–Kier alpha value is -1.82. The normalized spacial score (nSPS) is 24.1. The summed E-state index contributed by atoms with van der Waals surface area (Å²) in [5.74, 6) is -0.325. The van der Waals surface area contributed by atoms with Gasteiger partial charge in [-0.1, -0.05) is 32.1 Å². The number of nitrogens with one attached hydrogen (secondary N) is 2. The van der Waals surface area contributed by atoms with Crippen LogP contribution in [0.1, 0.15) is 57.8 Å². The summed E-state index contributed by atoms with van der Waals surface area (Å²) in [5, 5.41) is 15.4. The molecule has 0 heterocycles. The summed E-state index contributed by atoms with van der Waals surface area (Å²) in [6.07, 6.45) is 8.83. The first-order valence-electron chi connectivity index (χ1n) is 9.82. The van der Waals surface area contributed by atoms with Gasteiger partial charge >= 0.3 is 6.03 Å². The fourth-order valence-corrected chi connectivity index (χ4v) is 4.15. The molecule has 2 fully saturated rings. The first-order chi connectivity index (χ1) is 12.5. The zero-order chi connectivity index (χ0) is 18.5. The molecule has 2 aliphatic carbocycles. The van der Waals surface area contributed by atoms with E-state index in [0.717, 1.165) is 32.1 Å². The van der Waals surface area contributed by atoms with Gasteiger partial charge in [0, 0.05) is 18.8 Å². The van der Waals surface area contributed by atoms with E-state index < -0.39 is 12.1 Å². The zero-order valence-corrected chi connectivity index (χ0v) is 15.5. The molecule has 1 aromatic rings. The second-order valence-electron chi connectivity index (χ2n) is 7.63. The lowest BCUT2D eigenvalue weighted by molar-refractivity contribution is 0.0955. The average molecular weight is 363 g/mol. The first kappa shape index (κ1) is 19.0. The Morgan fingerprint density at radius 2 is 1.81 bits per heavy atom. The highest BCUT2D eigenvalue weighted by molar-refractivity contribution is 5.89. The van der Waals surface area contributed by atoms with E-state index in [9.17, 15) is 14.3 Å². The Labute approximate surface area is 155 Å². The van der Waals surface area contributed by atoms with E-state index in [1.165, 1.54) is 25.3 Å². The summed E-state index contributed by atoms with van der Waals surface area (Å²) < 4.78 is 14.6. The summed E-state index contributed by atoms with van der Waals surface area (Å²) in [6.45, 7) is 0. The molecule has 26 heavy (non-hydrogen) atoms. The molecule has 0 aromatic heterocycles. The van der Waals surface area contributed by atoms with Crippen LogP contribution in [0.25, 0.3) is 0 Å². The molecule has 0 radical (unpaired) electrons. The number of amides is 2. The van der Waals surface area contributed by atoms with Gasteiger partial charge in [-0.05, 0) is 43.9 Å². The number of aliphatic hydroxyl groups excluding tert-OH is 1. The largest absolute Gasteiger partial charge is 0.391 e. The number of hydrogen-bond acceptors (Lipinski definition) is 3. The average Bonchev–Trinajstić information content (AvgIpc) is 2.64. The van der Waals surface area contributed by atoms with Crippen molar-refractivity contribution >= 4 is 17.4 Å². The summed E-state index contributed by atoms with van der Waals surface area (Å²) in [6, 6.07) is 4.58. The van der Waals surface area contributed by atoms with Gasteiger partial charge in [-0.2, -0.15) is 0 Å². The third kappa shape index (κ3) is 4.67. The van der Waals surface area contributed by atoms with E-state index in [1.54, 1.807) is 12.1 Å². The van der Waals surface area contributed by atoms with Gasteiger partial charge in [0.25, 0.3) is 0 Å². The van der Waals surface area contributed by atoms with E-state index in [0.29, 0.717) is 23.8 Å². The van der Waals surface area contributed by atoms with Crippen molar-refractivity contribution in [3.8, 4) is 0 Å². The SMILES string of the molecule is CN(c1ccc(NC(=O)NC2CCCCC2O)cc1F)C1CCCCC1. The van der Waals surface area contributed by atoms with Crippen molar-refractivity contribution in [1.29, 1.82) is 0 Å². The van der Waals surface area contributed by atoms with Crippen molar-refractivity contribution in [2.24, 2.45) is 0 Å². The molecular weight excluding hydrogens is 333 g/mol. The Morgan fingerprint density at radius 3 is 2.50 bits per heavy atom. The second kappa shape index (κ2) is 8.71. The molecule has 0 aliphatic heterocycles. The van der Waals surface area contributed by atoms with Crippen molar-refractivity contribution < 1.29 is 14.3 Å². The number of urea groups is 1. The van der Waals surface area contributed by atoms with Crippen LogP contribution in [0.5, 0.6) is 0 Å². The molecule has 2 amide bonds. The van der Waals surface area contributed by atoms with Gasteiger partial charge in [-0.3, -0.25) is 0 Å². The molecule has 144 valence electrons. The molecule has 3 rings (SSSR count). The molecule has 2 unspecified atom stereocenters. The van der Waals surface area contributed by atoms with Crippen LogP contribution >= 0.6 is 0 Å². The van der Waals surface area contributed by atoms with Gasteiger partial charge in [0.1, 0.15) is 5.82 Å². The van der Waals surface area contributed by atoms with E-state index in [2.05, 4.69) is 10.6 Å². The van der Waals surface area contributed by atoms with Crippen LogP contribution in [-0.2, 0) is 0 Å². The summed E-state index contributed by atoms with van der Waals surface area (Å²) in [4.78, 5) is 14.2. The lowest BCUT2D eigenvalue weighted by Crippen LogP contribution is -2.46. The minimum Gasteiger partial charge on any atom is -0.391 e. The molecular formula is C20H30FN3O2. The van der Waals surface area contributed by atoms with E-state index in [4.69, 9.17) is 0 Å². The lowest BCUT2D eigenvalue weighted by Gasteiger charge is -2.33. The predicted octanol–water partition coefficient (Wildman–Crippen LogP) is 4.02. The number of carbonyl (C=O) groups excluding carboxylic acids is 1. The van der Waals surface area contributed by atoms with Crippen molar-refractivity contribution in [1.82, 2.24) is 5.32 Å². The van der Waals surface area contributed by atoms with Gasteiger partial charge in [-0.15, -0.1) is 0 Å². The van der Waals surface area contributed by atoms with E-state index >= 15 is 0 Å². The molecule has 1 aromatic carbocycles. The second-order valence-corrected chi connectivity index (χ2v) is 7.63. The zero-order valence-electron chi connectivity index (χ0n) is 15.5. The van der Waals surface area contributed by atoms with Crippen LogP contribution in [0.15, 0.2) is 18.2 Å². The fraction of sp³-hybridized carbons (Fsp3) is 0.650. The maximum atomic E-state index is 14.6. The van der Waals surface area contributed by atoms with Crippen molar-refractivity contribution in [3.63, 3.8) is 0 Å². The van der Waals surface area contributed by atoms with E-state index in [1.807, 2.05) is 11.9 Å². The van der Waals surface area contributed by atoms with Crippen LogP contribution in [0, 0.1) is 5.82 Å². The van der Waals surface area contributed by atoms with Crippen LogP contribution in [-0.4, -0.2) is 36.4 Å². The Bertz CT molecular complexity index is 619. The van der Waals surface area contributed by atoms with Crippen molar-refractivity contribution in [3.05, 3.63) is 24.0 Å². The Morgan fingerprint density at radius 1 is 1.12 bits per heavy atom. The molecule has 6 heteroatoms. The lowest BCUT2D eigenvalue weighted by atomic mass is 9.93. The number of halogens is 1. The number of nitrogens with zero attached hydrogens (tertiary/aromatic N) is 1. The van der Waals surface area contributed by atoms with Gasteiger partial charge in [0.05, 0.1) is 17.8 Å².